The molecule has 1 aromatic carbocycles. The number of likely N-dealkylation sites (tertiary alicyclic amines) is 1. The largest absolute Gasteiger partial charge is 0.332 e. The Morgan fingerprint density at radius 3 is 2.07 bits per heavy atom. The van der Waals surface area contributed by atoms with Crippen LogP contribution in [0.2, 0.25) is 0 Å². The third-order valence-corrected chi connectivity index (χ3v) is 7.06. The smallest absolute Gasteiger partial charge is 0.307 e. The lowest BCUT2D eigenvalue weighted by Crippen LogP contribution is -2.60. The molecule has 1 atom stereocenters. The Morgan fingerprint density at radius 1 is 1.14 bits per heavy atom. The first-order chi connectivity index (χ1) is 13.0. The maximum absolute atomic E-state index is 14.0. The monoisotopic (exact) mass is 413 g/mol. The van der Waals surface area contributed by atoms with Crippen LogP contribution in [0.3, 0.4) is 0 Å². The first kappa shape index (κ1) is 22.6. The number of nitrogens with zero attached hydrogens (tertiary/aromatic N) is 1. The highest BCUT2D eigenvalue weighted by Crippen LogP contribution is 2.33. The number of hydrogen-bond donors (Lipinski definition) is 2. The molecule has 1 heterocycles. The molecule has 8 heteroatoms. The van der Waals surface area contributed by atoms with Crippen molar-refractivity contribution >= 4 is 21.7 Å². The molecule has 2 amide bonds. The van der Waals surface area contributed by atoms with Crippen molar-refractivity contribution in [2.75, 3.05) is 18.4 Å². The molecule has 1 aromatic rings. The van der Waals surface area contributed by atoms with E-state index >= 15 is 0 Å². The molecule has 1 aliphatic rings. The van der Waals surface area contributed by atoms with Crippen LogP contribution in [0.25, 0.3) is 0 Å². The number of rotatable bonds is 7. The molecule has 28 heavy (non-hydrogen) atoms. The van der Waals surface area contributed by atoms with Gasteiger partial charge in [-0.05, 0) is 48.4 Å². The Labute approximate surface area is 167 Å². The van der Waals surface area contributed by atoms with Gasteiger partial charge in [0.25, 0.3) is 0 Å². The van der Waals surface area contributed by atoms with E-state index in [0.29, 0.717) is 35.9 Å². The Kier molecular flexibility index (Phi) is 7.09. The van der Waals surface area contributed by atoms with Gasteiger partial charge < -0.3 is 5.32 Å². The van der Waals surface area contributed by atoms with Gasteiger partial charge in [-0.3, -0.25) is 4.90 Å². The van der Waals surface area contributed by atoms with Crippen molar-refractivity contribution < 1.29 is 17.6 Å². The highest BCUT2D eigenvalue weighted by molar-refractivity contribution is 7.90. The minimum Gasteiger partial charge on any atom is -0.307 e. The van der Waals surface area contributed by atoms with Gasteiger partial charge in [0.1, 0.15) is 11.1 Å². The predicted octanol–water partition coefficient (Wildman–Crippen LogP) is 4.01. The van der Waals surface area contributed by atoms with Crippen LogP contribution in [0.15, 0.2) is 12.1 Å². The topological polar surface area (TPSA) is 78.5 Å². The van der Waals surface area contributed by atoms with Crippen LogP contribution < -0.4 is 10.0 Å². The molecule has 1 unspecified atom stereocenters. The number of carbonyl (C=O) groups is 1. The fourth-order valence-corrected chi connectivity index (χ4v) is 4.59. The molecular weight excluding hydrogens is 381 g/mol. The Bertz CT molecular complexity index is 789. The quantitative estimate of drug-likeness (QED) is 0.708. The minimum absolute atomic E-state index is 0.0316. The first-order valence-electron chi connectivity index (χ1n) is 9.86. The van der Waals surface area contributed by atoms with E-state index in [1.807, 2.05) is 27.7 Å². The van der Waals surface area contributed by atoms with E-state index in [2.05, 4.69) is 28.8 Å². The highest BCUT2D eigenvalue weighted by Gasteiger charge is 2.39. The second-order valence-corrected chi connectivity index (χ2v) is 10.2. The van der Waals surface area contributed by atoms with Crippen molar-refractivity contribution in [3.63, 3.8) is 0 Å². The van der Waals surface area contributed by atoms with E-state index in [4.69, 9.17) is 0 Å². The number of nitrogens with one attached hydrogen (secondary N) is 2. The normalized spacial score (nSPS) is 16.9. The molecule has 0 aliphatic carbocycles. The SMILES string of the molecule is CCC(C)N1CC(S(=O)(=O)NC(=O)Nc2c(C(C)C)cc(F)cc2C(C)C)C1. The maximum Gasteiger partial charge on any atom is 0.332 e. The standard InChI is InChI=1S/C20H32FN3O3S/c1-7-14(6)24-10-16(11-24)28(26,27)23-20(25)22-19-17(12(2)3)8-15(21)9-18(19)13(4)5/h8-9,12-14,16H,7,10-11H2,1-6H3,(H2,22,23,25). The molecule has 0 saturated carbocycles. The number of halogens is 1. The summed E-state index contributed by atoms with van der Waals surface area (Å²) in [6.07, 6.45) is 0.946. The Balaban J connectivity index is 2.15. The highest BCUT2D eigenvalue weighted by atomic mass is 32.2. The summed E-state index contributed by atoms with van der Waals surface area (Å²) in [5.74, 6) is -0.433. The van der Waals surface area contributed by atoms with Gasteiger partial charge in [-0.1, -0.05) is 34.6 Å². The van der Waals surface area contributed by atoms with Gasteiger partial charge >= 0.3 is 6.03 Å². The zero-order valence-electron chi connectivity index (χ0n) is 17.5. The van der Waals surface area contributed by atoms with Crippen molar-refractivity contribution in [3.05, 3.63) is 29.1 Å². The molecule has 6 nitrogen and oxygen atoms in total. The summed E-state index contributed by atoms with van der Waals surface area (Å²) in [7, 11) is -3.77. The van der Waals surface area contributed by atoms with Gasteiger partial charge in [0.15, 0.2) is 0 Å². The predicted molar refractivity (Wildman–Crippen MR) is 111 cm³/mol. The van der Waals surface area contributed by atoms with E-state index in [1.165, 1.54) is 12.1 Å². The van der Waals surface area contributed by atoms with Crippen LogP contribution in [0.5, 0.6) is 0 Å². The number of hydrogen-bond acceptors (Lipinski definition) is 4. The van der Waals surface area contributed by atoms with Crippen LogP contribution >= 0.6 is 0 Å². The van der Waals surface area contributed by atoms with Crippen molar-refractivity contribution in [1.29, 1.82) is 0 Å². The number of amides is 2. The van der Waals surface area contributed by atoms with Crippen LogP contribution in [0.4, 0.5) is 14.9 Å². The van der Waals surface area contributed by atoms with Crippen molar-refractivity contribution in [2.45, 2.75) is 71.1 Å². The first-order valence-corrected chi connectivity index (χ1v) is 11.4. The summed E-state index contributed by atoms with van der Waals surface area (Å²) in [6, 6.07) is 2.28. The number of anilines is 1. The average Bonchev–Trinajstić information content (AvgIpc) is 2.52. The summed E-state index contributed by atoms with van der Waals surface area (Å²) in [6.45, 7) is 12.5. The second kappa shape index (κ2) is 8.78. The Morgan fingerprint density at radius 2 is 1.64 bits per heavy atom. The van der Waals surface area contributed by atoms with E-state index in [9.17, 15) is 17.6 Å². The fraction of sp³-hybridized carbons (Fsp3) is 0.650. The summed E-state index contributed by atoms with van der Waals surface area (Å²) in [5, 5.41) is 2.06. The fourth-order valence-electron chi connectivity index (χ4n) is 3.34. The van der Waals surface area contributed by atoms with E-state index in [1.54, 1.807) is 0 Å². The Hall–Kier alpha value is -1.67. The number of urea groups is 1. The molecule has 0 aromatic heterocycles. The molecule has 1 saturated heterocycles. The third kappa shape index (κ3) is 5.03. The van der Waals surface area contributed by atoms with Gasteiger partial charge in [-0.15, -0.1) is 0 Å². The van der Waals surface area contributed by atoms with Crippen LogP contribution in [-0.4, -0.2) is 43.7 Å². The molecule has 0 spiro atoms. The zero-order valence-corrected chi connectivity index (χ0v) is 18.4. The molecule has 2 rings (SSSR count). The van der Waals surface area contributed by atoms with E-state index in [-0.39, 0.29) is 17.7 Å². The van der Waals surface area contributed by atoms with Gasteiger partial charge in [0.05, 0.1) is 0 Å². The third-order valence-electron chi connectivity index (χ3n) is 5.41. The molecule has 1 aliphatic heterocycles. The van der Waals surface area contributed by atoms with E-state index < -0.39 is 21.3 Å². The summed E-state index contributed by atoms with van der Waals surface area (Å²) >= 11 is 0. The molecule has 2 N–H and O–H groups in total. The summed E-state index contributed by atoms with van der Waals surface area (Å²) in [5.41, 5.74) is 1.76. The lowest BCUT2D eigenvalue weighted by atomic mass is 9.92. The average molecular weight is 414 g/mol. The molecule has 158 valence electrons. The molecule has 0 radical (unpaired) electrons. The maximum atomic E-state index is 14.0. The summed E-state index contributed by atoms with van der Waals surface area (Å²) < 4.78 is 41.1. The lowest BCUT2D eigenvalue weighted by molar-refractivity contribution is 0.128. The molecular formula is C20H32FN3O3S. The van der Waals surface area contributed by atoms with Crippen LogP contribution in [0.1, 0.15) is 70.9 Å². The summed E-state index contributed by atoms with van der Waals surface area (Å²) in [4.78, 5) is 14.5. The number of sulfonamides is 1. The lowest BCUT2D eigenvalue weighted by Gasteiger charge is -2.42. The van der Waals surface area contributed by atoms with E-state index in [0.717, 1.165) is 6.42 Å². The van der Waals surface area contributed by atoms with Gasteiger partial charge in [-0.2, -0.15) is 0 Å². The van der Waals surface area contributed by atoms with Crippen molar-refractivity contribution in [2.24, 2.45) is 0 Å². The van der Waals surface area contributed by atoms with Crippen molar-refractivity contribution in [3.8, 4) is 0 Å². The molecule has 0 bridgehead atoms. The minimum atomic E-state index is -3.77. The van der Waals surface area contributed by atoms with Crippen molar-refractivity contribution in [1.82, 2.24) is 9.62 Å². The second-order valence-electron chi connectivity index (χ2n) is 8.20. The number of benzene rings is 1. The zero-order chi connectivity index (χ0) is 21.2. The van der Waals surface area contributed by atoms with Gasteiger partial charge in [-0.25, -0.2) is 22.3 Å². The van der Waals surface area contributed by atoms with Gasteiger partial charge in [0, 0.05) is 24.8 Å². The van der Waals surface area contributed by atoms with Crippen LogP contribution in [0, 0.1) is 5.82 Å². The molecule has 1 fully saturated rings. The van der Waals surface area contributed by atoms with Crippen LogP contribution in [-0.2, 0) is 10.0 Å². The van der Waals surface area contributed by atoms with Gasteiger partial charge in [0.2, 0.25) is 10.0 Å². The number of carbonyl (C=O) groups excluding carboxylic acids is 1.